The third-order valence-electron chi connectivity index (χ3n) is 10.7. The molecule has 370 valence electrons. The summed E-state index contributed by atoms with van der Waals surface area (Å²) in [7, 11) is 9.96. The van der Waals surface area contributed by atoms with Gasteiger partial charge in [0.1, 0.15) is 6.04 Å². The molecular weight excluding hydrogens is 836 g/mol. The molecule has 0 aromatic rings. The summed E-state index contributed by atoms with van der Waals surface area (Å²) < 4.78 is 0. The van der Waals surface area contributed by atoms with Crippen molar-refractivity contribution in [3.8, 4) is 0 Å². The summed E-state index contributed by atoms with van der Waals surface area (Å²) in [5.74, 6) is -4.15. The third kappa shape index (κ3) is 42.4. The number of aliphatic carboxylic acids is 3. The van der Waals surface area contributed by atoms with Crippen LogP contribution in [0.4, 0.5) is 0 Å². The Labute approximate surface area is 390 Å². The first-order valence-corrected chi connectivity index (χ1v) is 24.1. The molecule has 65 heavy (non-hydrogen) atoms. The zero-order valence-corrected chi connectivity index (χ0v) is 39.4. The van der Waals surface area contributed by atoms with Crippen molar-refractivity contribution in [2.45, 2.75) is 217 Å². The van der Waals surface area contributed by atoms with Crippen LogP contribution in [-0.2, 0) is 38.4 Å². The van der Waals surface area contributed by atoms with Crippen molar-refractivity contribution in [1.29, 1.82) is 0 Å². The van der Waals surface area contributed by atoms with E-state index in [0.29, 0.717) is 90.3 Å². The summed E-state index contributed by atoms with van der Waals surface area (Å²) in [4.78, 5) is 92.1. The largest absolute Gasteiger partial charge is 0.481 e. The lowest BCUT2D eigenvalue weighted by molar-refractivity contribution is -0.142. The van der Waals surface area contributed by atoms with Crippen LogP contribution in [0.15, 0.2) is 0 Å². The minimum atomic E-state index is -1.18. The number of hydrogen-bond donors (Lipinski definition) is 10. The number of carbonyl (C=O) groups is 8. The Hall–Kier alpha value is -4.03. The fourth-order valence-corrected chi connectivity index (χ4v) is 6.72. The van der Waals surface area contributed by atoms with E-state index in [4.69, 9.17) is 37.5 Å². The average molecular weight is 920 g/mol. The second kappa shape index (κ2) is 43.8. The van der Waals surface area contributed by atoms with Gasteiger partial charge in [-0.2, -0.15) is 0 Å². The second-order valence-corrected chi connectivity index (χ2v) is 16.7. The highest BCUT2D eigenvalue weighted by atomic mass is 16.4. The maximum Gasteiger partial charge on any atom is 0.326 e. The van der Waals surface area contributed by atoms with E-state index in [1.807, 2.05) is 6.92 Å². The van der Waals surface area contributed by atoms with Gasteiger partial charge in [-0.3, -0.25) is 28.8 Å². The Balaban J connectivity index is 0. The van der Waals surface area contributed by atoms with Crippen molar-refractivity contribution in [3.05, 3.63) is 0 Å². The molecular formula is C45H83B2N7O11. The first kappa shape index (κ1) is 63.1. The molecule has 0 fully saturated rings. The van der Waals surface area contributed by atoms with Gasteiger partial charge in [-0.1, -0.05) is 90.4 Å². The van der Waals surface area contributed by atoms with Gasteiger partial charge in [-0.15, -0.1) is 0 Å². The second-order valence-electron chi connectivity index (χ2n) is 16.7. The molecule has 0 aromatic heterocycles. The van der Waals surface area contributed by atoms with Crippen LogP contribution in [0.2, 0.25) is 0 Å². The monoisotopic (exact) mass is 920 g/mol. The molecule has 0 aromatic carbocycles. The quantitative estimate of drug-likeness (QED) is 0.0308. The molecule has 0 saturated heterocycles. The predicted octanol–water partition coefficient (Wildman–Crippen LogP) is 3.78. The van der Waals surface area contributed by atoms with Crippen LogP contribution in [0.5, 0.6) is 0 Å². The Bertz CT molecular complexity index is 1330. The summed E-state index contributed by atoms with van der Waals surface area (Å²) in [6, 6.07) is -3.36. The van der Waals surface area contributed by atoms with Gasteiger partial charge in [0.05, 0.1) is 23.8 Å². The minimum Gasteiger partial charge on any atom is -0.481 e. The molecule has 0 saturated carbocycles. The molecule has 0 bridgehead atoms. The van der Waals surface area contributed by atoms with Crippen molar-refractivity contribution in [2.24, 2.45) is 11.5 Å². The number of nitrogens with one attached hydrogen (secondary N) is 5. The van der Waals surface area contributed by atoms with E-state index in [0.717, 1.165) is 44.9 Å². The molecule has 0 heterocycles. The van der Waals surface area contributed by atoms with E-state index in [2.05, 4.69) is 26.5 Å². The molecule has 12 N–H and O–H groups in total. The van der Waals surface area contributed by atoms with Gasteiger partial charge in [0, 0.05) is 38.9 Å². The van der Waals surface area contributed by atoms with Gasteiger partial charge in [-0.05, 0) is 83.5 Å². The Morgan fingerprint density at radius 3 is 1.23 bits per heavy atom. The number of carboxylic acids is 3. The van der Waals surface area contributed by atoms with Crippen molar-refractivity contribution < 1.29 is 53.7 Å². The topological polar surface area (TPSA) is 309 Å². The lowest BCUT2D eigenvalue weighted by atomic mass is 9.99. The van der Waals surface area contributed by atoms with Crippen molar-refractivity contribution in [2.75, 3.05) is 19.6 Å². The fourth-order valence-electron chi connectivity index (χ4n) is 6.72. The van der Waals surface area contributed by atoms with Crippen LogP contribution < -0.4 is 38.0 Å². The molecule has 4 radical (unpaired) electrons. The molecule has 0 aliphatic heterocycles. The van der Waals surface area contributed by atoms with Crippen LogP contribution in [0, 0.1) is 0 Å². The van der Waals surface area contributed by atoms with Crippen molar-refractivity contribution in [1.82, 2.24) is 26.5 Å². The van der Waals surface area contributed by atoms with E-state index in [-0.39, 0.29) is 55.0 Å². The fraction of sp³-hybridized carbons (Fsp3) is 0.822. The van der Waals surface area contributed by atoms with Gasteiger partial charge in [0.2, 0.25) is 23.6 Å². The molecule has 0 aliphatic rings. The van der Waals surface area contributed by atoms with E-state index in [9.17, 15) is 43.5 Å². The highest BCUT2D eigenvalue weighted by Crippen LogP contribution is 2.14. The van der Waals surface area contributed by atoms with Gasteiger partial charge >= 0.3 is 17.9 Å². The van der Waals surface area contributed by atoms with Crippen molar-refractivity contribution in [3.63, 3.8) is 0 Å². The predicted molar refractivity (Wildman–Crippen MR) is 253 cm³/mol. The van der Waals surface area contributed by atoms with Crippen LogP contribution >= 0.6 is 0 Å². The first-order valence-electron chi connectivity index (χ1n) is 24.1. The van der Waals surface area contributed by atoms with Crippen LogP contribution in [0.3, 0.4) is 0 Å². The van der Waals surface area contributed by atoms with E-state index in [1.165, 1.54) is 44.9 Å². The summed E-state index contributed by atoms with van der Waals surface area (Å²) in [5.41, 5.74) is 11.7. The third-order valence-corrected chi connectivity index (χ3v) is 10.7. The Kier molecular flexibility index (Phi) is 42.5. The van der Waals surface area contributed by atoms with E-state index >= 15 is 0 Å². The summed E-state index contributed by atoms with van der Waals surface area (Å²) in [6.45, 7) is 3.04. The molecule has 18 nitrogen and oxygen atoms in total. The van der Waals surface area contributed by atoms with E-state index in [1.54, 1.807) is 0 Å². The number of nitrogens with two attached hydrogens (primary N) is 2. The van der Waals surface area contributed by atoms with Gasteiger partial charge < -0.3 is 58.1 Å². The maximum absolute atomic E-state index is 12.4. The average Bonchev–Trinajstić information content (AvgIpc) is 3.25. The van der Waals surface area contributed by atoms with Crippen LogP contribution in [0.1, 0.15) is 193 Å². The lowest BCUT2D eigenvalue weighted by Crippen LogP contribution is -2.42. The molecule has 20 heteroatoms. The zero-order valence-electron chi connectivity index (χ0n) is 39.4. The number of amides is 4. The molecule has 3 unspecified atom stereocenters. The standard InChI is InChI=1S/C41H76BN7O10.C4H7BO/c42-49-34(41(58)59)23-17-20-30-47-39(55)32(44)22-16-19-29-46-38(54)31(43)21-15-18-28-45-35(50)27-26-33(40(56)57)48-36(51)24-13-11-9-7-5-3-1-2-4-6-8-10-12-14-25-37(52)53;1-2-3-4(5)6/h31-34,49H,1-30,43-44H2,(H,45,50)(H,46,54)(H,47,55)(H,48,51)(H,52,53)(H,56,57)(H,58,59);2-3H2,1H3/t31-,32?,33?,34?;/m0./s1. The summed E-state index contributed by atoms with van der Waals surface area (Å²) >= 11 is 0. The van der Waals surface area contributed by atoms with Gasteiger partial charge in [0.15, 0.2) is 15.8 Å². The van der Waals surface area contributed by atoms with Gasteiger partial charge in [-0.25, -0.2) is 4.79 Å². The molecule has 4 amide bonds. The Morgan fingerprint density at radius 1 is 0.462 bits per heavy atom. The number of carbonyl (C=O) groups excluding carboxylic acids is 5. The van der Waals surface area contributed by atoms with E-state index < -0.39 is 42.1 Å². The number of unbranched alkanes of at least 4 members (excludes halogenated alkanes) is 16. The molecule has 4 atom stereocenters. The van der Waals surface area contributed by atoms with Crippen molar-refractivity contribution >= 4 is 63.0 Å². The Morgan fingerprint density at radius 2 is 0.862 bits per heavy atom. The highest BCUT2D eigenvalue weighted by Gasteiger charge is 2.21. The zero-order chi connectivity index (χ0) is 49.1. The minimum absolute atomic E-state index is 0.0179. The maximum atomic E-state index is 12.4. The van der Waals surface area contributed by atoms with Gasteiger partial charge in [0.25, 0.3) is 0 Å². The first-order chi connectivity index (χ1) is 31.0. The summed E-state index contributed by atoms with van der Waals surface area (Å²) in [5, 5.41) is 40.2. The highest BCUT2D eigenvalue weighted by molar-refractivity contribution is 6.57. The molecule has 0 rings (SSSR count). The number of carboxylic acid groups (broad SMARTS) is 3. The lowest BCUT2D eigenvalue weighted by Gasteiger charge is -2.15. The number of hydrogen-bond acceptors (Lipinski definition) is 11. The van der Waals surface area contributed by atoms with Crippen LogP contribution in [-0.4, -0.2) is 122 Å². The smallest absolute Gasteiger partial charge is 0.326 e. The van der Waals surface area contributed by atoms with Crippen LogP contribution in [0.25, 0.3) is 0 Å². The summed E-state index contributed by atoms with van der Waals surface area (Å²) in [6.07, 6.45) is 21.6. The molecule has 0 spiro atoms. The number of rotatable bonds is 43. The normalized spacial score (nSPS) is 12.7. The SMILES string of the molecule is [B]C(=O)CCC.[B]NC(CCCCNC(=O)C(N)CCCCNC(=O)[C@@H](N)CCCCNC(=O)CCC(NC(=O)CCCCCCCCCCCCCCCCC(=O)O)C(=O)O)C(=O)O. The molecule has 0 aliphatic carbocycles.